The molecule has 10 heavy (non-hydrogen) atoms. The van der Waals surface area contributed by atoms with Crippen molar-refractivity contribution >= 4 is 0 Å². The van der Waals surface area contributed by atoms with E-state index in [2.05, 4.69) is 6.07 Å². The molecular weight excluding hydrogens is 128 g/mol. The Balaban J connectivity index is 2.39. The van der Waals surface area contributed by atoms with Gasteiger partial charge in [-0.25, -0.2) is 0 Å². The van der Waals surface area contributed by atoms with Crippen LogP contribution in [0, 0.1) is 4.91 Å². The third-order valence-electron chi connectivity index (χ3n) is 1.85. The van der Waals surface area contributed by atoms with Gasteiger partial charge in [0.05, 0.1) is 6.42 Å². The summed E-state index contributed by atoms with van der Waals surface area (Å²) in [4.78, 5) is 10.8. The number of fused-ring (bicyclic) bond motifs is 1. The van der Waals surface area contributed by atoms with Gasteiger partial charge >= 0.3 is 0 Å². The van der Waals surface area contributed by atoms with E-state index in [1.807, 2.05) is 16.8 Å². The molecule has 0 aliphatic carbocycles. The smallest absolute Gasteiger partial charge is 0.270 e. The van der Waals surface area contributed by atoms with Crippen LogP contribution in [-0.2, 0) is 13.1 Å². The summed E-state index contributed by atoms with van der Waals surface area (Å²) < 4.78 is 3.06. The molecule has 0 bridgehead atoms. The summed E-state index contributed by atoms with van der Waals surface area (Å²) in [6.45, 7) is 1.15. The quantitative estimate of drug-likeness (QED) is 0.485. The number of hydrogen-bond acceptors (Lipinski definition) is 1. The van der Waals surface area contributed by atoms with Crippen molar-refractivity contribution < 1.29 is 4.76 Å². The number of rotatable bonds is 0. The van der Waals surface area contributed by atoms with E-state index >= 15 is 0 Å². The van der Waals surface area contributed by atoms with Crippen molar-refractivity contribution in [2.45, 2.75) is 13.1 Å². The minimum absolute atomic E-state index is 0.502. The van der Waals surface area contributed by atoms with Gasteiger partial charge in [0.2, 0.25) is 0 Å². The predicted octanol–water partition coefficient (Wildman–Crippen LogP) is 0.781. The normalized spacial score (nSPS) is 17.0. The van der Waals surface area contributed by atoms with Crippen molar-refractivity contribution in [1.29, 1.82) is 0 Å². The van der Waals surface area contributed by atoms with Gasteiger partial charge in [0.1, 0.15) is 0 Å². The lowest BCUT2D eigenvalue weighted by atomic mass is 10.3. The fourth-order valence-electron chi connectivity index (χ4n) is 1.29. The number of hydrogen-bond donors (Lipinski definition) is 0. The van der Waals surface area contributed by atoms with Crippen molar-refractivity contribution in [2.75, 3.05) is 6.54 Å². The Morgan fingerprint density at radius 2 is 2.50 bits per heavy atom. The Morgan fingerprint density at radius 3 is 3.40 bits per heavy atom. The maximum Gasteiger partial charge on any atom is 0.270 e. The first-order valence-corrected chi connectivity index (χ1v) is 3.42. The van der Waals surface area contributed by atoms with Crippen LogP contribution in [0.15, 0.2) is 18.3 Å². The van der Waals surface area contributed by atoms with Crippen LogP contribution in [0.2, 0.25) is 0 Å². The van der Waals surface area contributed by atoms with Crippen LogP contribution >= 0.6 is 0 Å². The topological polar surface area (TPSA) is 25.0 Å². The fraction of sp³-hybridized carbons (Fsp3) is 0.429. The summed E-state index contributed by atoms with van der Waals surface area (Å²) in [6.07, 6.45) is 2.83. The number of nitrogens with zero attached hydrogens (tertiary/aromatic N) is 2. The van der Waals surface area contributed by atoms with Gasteiger partial charge in [-0.05, 0) is 12.1 Å². The highest BCUT2D eigenvalue weighted by Gasteiger charge is 2.18. The van der Waals surface area contributed by atoms with Gasteiger partial charge in [0.25, 0.3) is 6.67 Å². The van der Waals surface area contributed by atoms with Crippen molar-refractivity contribution in [3.63, 3.8) is 0 Å². The van der Waals surface area contributed by atoms with Crippen molar-refractivity contribution in [1.82, 2.24) is 4.57 Å². The van der Waals surface area contributed by atoms with Gasteiger partial charge in [0, 0.05) is 21.6 Å². The first-order valence-electron chi connectivity index (χ1n) is 3.42. The molecule has 1 aliphatic rings. The molecule has 0 unspecified atom stereocenters. The molecule has 1 aliphatic heterocycles. The van der Waals surface area contributed by atoms with Crippen molar-refractivity contribution in [3.8, 4) is 0 Å². The van der Waals surface area contributed by atoms with Crippen LogP contribution in [0.3, 0.4) is 0 Å². The lowest BCUT2D eigenvalue weighted by molar-refractivity contribution is -0.584. The second-order valence-electron chi connectivity index (χ2n) is 2.57. The molecule has 2 rings (SSSR count). The summed E-state index contributed by atoms with van der Waals surface area (Å²) >= 11 is 0. The monoisotopic (exact) mass is 137 g/mol. The van der Waals surface area contributed by atoms with Gasteiger partial charge in [0.15, 0.2) is 6.54 Å². The predicted molar refractivity (Wildman–Crippen MR) is 36.6 cm³/mol. The molecule has 0 radical (unpaired) electrons. The van der Waals surface area contributed by atoms with E-state index < -0.39 is 0 Å². The first-order chi connectivity index (χ1) is 4.86. The van der Waals surface area contributed by atoms with Crippen LogP contribution in [0.1, 0.15) is 5.69 Å². The van der Waals surface area contributed by atoms with Crippen molar-refractivity contribution in [2.24, 2.45) is 0 Å². The van der Waals surface area contributed by atoms with Crippen LogP contribution in [0.25, 0.3) is 0 Å². The molecule has 52 valence electrons. The van der Waals surface area contributed by atoms with E-state index in [0.29, 0.717) is 13.2 Å². The Bertz CT molecular complexity index is 264. The van der Waals surface area contributed by atoms with Gasteiger partial charge < -0.3 is 0 Å². The standard InChI is InChI=1S/C7H9N2O/c10-9-5-3-7-2-1-4-8(7)6-9/h1-2,4H,3,5-6H2/q+1. The molecule has 0 aromatic carbocycles. The van der Waals surface area contributed by atoms with Crippen molar-refractivity contribution in [3.05, 3.63) is 28.9 Å². The summed E-state index contributed by atoms with van der Waals surface area (Å²) in [5.74, 6) is 0. The van der Waals surface area contributed by atoms with Gasteiger partial charge in [-0.3, -0.25) is 4.57 Å². The van der Waals surface area contributed by atoms with Gasteiger partial charge in [-0.1, -0.05) is 0 Å². The summed E-state index contributed by atoms with van der Waals surface area (Å²) in [5.41, 5.74) is 1.27. The van der Waals surface area contributed by atoms with E-state index in [1.165, 1.54) is 5.69 Å². The van der Waals surface area contributed by atoms with E-state index in [-0.39, 0.29) is 0 Å². The molecule has 1 aromatic heterocycles. The highest BCUT2D eigenvalue weighted by atomic mass is 16.3. The zero-order valence-electron chi connectivity index (χ0n) is 5.66. The Kier molecular flexibility index (Phi) is 1.09. The maximum absolute atomic E-state index is 10.8. The van der Waals surface area contributed by atoms with E-state index in [0.717, 1.165) is 11.2 Å². The molecule has 2 heterocycles. The average molecular weight is 137 g/mol. The maximum atomic E-state index is 10.8. The zero-order chi connectivity index (χ0) is 6.97. The van der Waals surface area contributed by atoms with Crippen LogP contribution in [0.5, 0.6) is 0 Å². The van der Waals surface area contributed by atoms with Gasteiger partial charge in [-0.2, -0.15) is 0 Å². The van der Waals surface area contributed by atoms with Crippen LogP contribution < -0.4 is 0 Å². The first kappa shape index (κ1) is 5.65. The molecular formula is C7H9N2O+. The third kappa shape index (κ3) is 0.744. The highest BCUT2D eigenvalue weighted by molar-refractivity contribution is 5.07. The Labute approximate surface area is 58.8 Å². The Morgan fingerprint density at radius 1 is 1.60 bits per heavy atom. The second kappa shape index (κ2) is 1.94. The summed E-state index contributed by atoms with van der Waals surface area (Å²) in [7, 11) is 0. The molecule has 0 amide bonds. The summed E-state index contributed by atoms with van der Waals surface area (Å²) in [6, 6.07) is 4.04. The van der Waals surface area contributed by atoms with Crippen LogP contribution in [-0.4, -0.2) is 15.9 Å². The molecule has 0 N–H and O–H groups in total. The highest BCUT2D eigenvalue weighted by Crippen LogP contribution is 2.07. The van der Waals surface area contributed by atoms with Crippen LogP contribution in [0.4, 0.5) is 0 Å². The zero-order valence-corrected chi connectivity index (χ0v) is 5.66. The molecule has 0 saturated heterocycles. The van der Waals surface area contributed by atoms with E-state index in [9.17, 15) is 4.91 Å². The fourth-order valence-corrected chi connectivity index (χ4v) is 1.29. The minimum Gasteiger partial charge on any atom is -0.293 e. The van der Waals surface area contributed by atoms with Gasteiger partial charge in [-0.15, -0.1) is 0 Å². The molecule has 0 spiro atoms. The second-order valence-corrected chi connectivity index (χ2v) is 2.57. The molecule has 3 heteroatoms. The largest absolute Gasteiger partial charge is 0.293 e. The van der Waals surface area contributed by atoms with E-state index in [4.69, 9.17) is 0 Å². The number of nitroso groups, excluding NO2 is 1. The Hall–Kier alpha value is -1.12. The van der Waals surface area contributed by atoms with E-state index in [1.54, 1.807) is 0 Å². The summed E-state index contributed by atoms with van der Waals surface area (Å²) in [5, 5.41) is 0. The SMILES string of the molecule is O=[N+]1CCc2cccn2C1. The third-order valence-corrected chi connectivity index (χ3v) is 1.85. The minimum atomic E-state index is 0.502. The molecule has 3 nitrogen and oxygen atoms in total. The lowest BCUT2D eigenvalue weighted by Crippen LogP contribution is -2.23. The lowest BCUT2D eigenvalue weighted by Gasteiger charge is -2.07. The molecule has 0 fully saturated rings. The molecule has 0 atom stereocenters. The molecule has 0 saturated carbocycles. The number of aromatic nitrogens is 1. The molecule has 1 aromatic rings. The average Bonchev–Trinajstić information content (AvgIpc) is 2.33.